The van der Waals surface area contributed by atoms with Crippen molar-refractivity contribution in [3.05, 3.63) is 30.5 Å². The number of nitrogens with one attached hydrogen (secondary N) is 1. The van der Waals surface area contributed by atoms with Gasteiger partial charge in [-0.15, -0.1) is 0 Å². The minimum Gasteiger partial charge on any atom is -0.508 e. The molecule has 5 nitrogen and oxygen atoms in total. The standard InChI is InChI=1S/C16H20N2O3/c1-10(2)7-12(16(20)21)9-18-15-14-8-13(19)4-3-11(14)5-6-17-15/h3-6,8,10,12,19H,7,9H2,1-2H3,(H,17,18)(H,20,21). The third-order valence-corrected chi connectivity index (χ3v) is 3.37. The molecule has 1 atom stereocenters. The predicted molar refractivity (Wildman–Crippen MR) is 82.5 cm³/mol. The van der Waals surface area contributed by atoms with Gasteiger partial charge in [0.15, 0.2) is 0 Å². The van der Waals surface area contributed by atoms with E-state index in [0.717, 1.165) is 10.8 Å². The van der Waals surface area contributed by atoms with Crippen molar-refractivity contribution in [2.24, 2.45) is 11.8 Å². The number of phenols is 1. The number of benzene rings is 1. The number of carboxylic acids is 1. The molecule has 3 N–H and O–H groups in total. The van der Waals surface area contributed by atoms with Crippen LogP contribution in [0.25, 0.3) is 10.8 Å². The molecule has 0 aliphatic heterocycles. The molecule has 0 amide bonds. The zero-order valence-corrected chi connectivity index (χ0v) is 12.2. The van der Waals surface area contributed by atoms with Gasteiger partial charge in [-0.25, -0.2) is 4.98 Å². The van der Waals surface area contributed by atoms with Crippen molar-refractivity contribution < 1.29 is 15.0 Å². The monoisotopic (exact) mass is 288 g/mol. The van der Waals surface area contributed by atoms with Crippen molar-refractivity contribution in [3.63, 3.8) is 0 Å². The van der Waals surface area contributed by atoms with Crippen molar-refractivity contribution in [1.29, 1.82) is 0 Å². The van der Waals surface area contributed by atoms with Crippen LogP contribution in [0.4, 0.5) is 5.82 Å². The summed E-state index contributed by atoms with van der Waals surface area (Å²) in [4.78, 5) is 15.5. The smallest absolute Gasteiger partial charge is 0.308 e. The summed E-state index contributed by atoms with van der Waals surface area (Å²) in [7, 11) is 0. The second kappa shape index (κ2) is 6.43. The fraction of sp³-hybridized carbons (Fsp3) is 0.375. The number of pyridine rings is 1. The van der Waals surface area contributed by atoms with Gasteiger partial charge in [0.05, 0.1) is 5.92 Å². The van der Waals surface area contributed by atoms with Crippen molar-refractivity contribution in [2.45, 2.75) is 20.3 Å². The molecule has 1 aromatic heterocycles. The zero-order valence-electron chi connectivity index (χ0n) is 12.2. The minimum absolute atomic E-state index is 0.163. The van der Waals surface area contributed by atoms with Gasteiger partial charge >= 0.3 is 5.97 Å². The molecule has 112 valence electrons. The highest BCUT2D eigenvalue weighted by Gasteiger charge is 2.19. The van der Waals surface area contributed by atoms with Crippen LogP contribution in [0.2, 0.25) is 0 Å². The summed E-state index contributed by atoms with van der Waals surface area (Å²) in [5.41, 5.74) is 0. The quantitative estimate of drug-likeness (QED) is 0.761. The molecule has 0 saturated heterocycles. The van der Waals surface area contributed by atoms with E-state index in [2.05, 4.69) is 10.3 Å². The van der Waals surface area contributed by atoms with Gasteiger partial charge in [0.1, 0.15) is 11.6 Å². The van der Waals surface area contributed by atoms with Gasteiger partial charge in [0, 0.05) is 18.1 Å². The normalized spacial score (nSPS) is 12.5. The number of aromatic hydroxyl groups is 1. The maximum absolute atomic E-state index is 11.3. The Morgan fingerprint density at radius 3 is 2.76 bits per heavy atom. The van der Waals surface area contributed by atoms with E-state index in [0.29, 0.717) is 24.7 Å². The Bertz CT molecular complexity index is 640. The van der Waals surface area contributed by atoms with Crippen LogP contribution in [0, 0.1) is 11.8 Å². The number of hydrogen-bond acceptors (Lipinski definition) is 4. The van der Waals surface area contributed by atoms with Gasteiger partial charge in [-0.3, -0.25) is 4.79 Å². The second-order valence-electron chi connectivity index (χ2n) is 5.61. The van der Waals surface area contributed by atoms with Crippen molar-refractivity contribution in [2.75, 3.05) is 11.9 Å². The van der Waals surface area contributed by atoms with Crippen LogP contribution in [0.3, 0.4) is 0 Å². The van der Waals surface area contributed by atoms with E-state index in [4.69, 9.17) is 0 Å². The molecule has 0 fully saturated rings. The summed E-state index contributed by atoms with van der Waals surface area (Å²) in [5.74, 6) is -0.190. The highest BCUT2D eigenvalue weighted by molar-refractivity contribution is 5.92. The van der Waals surface area contributed by atoms with E-state index in [-0.39, 0.29) is 5.75 Å². The van der Waals surface area contributed by atoms with Crippen LogP contribution in [0.15, 0.2) is 30.5 Å². The van der Waals surface area contributed by atoms with E-state index in [1.807, 2.05) is 19.9 Å². The number of fused-ring (bicyclic) bond motifs is 1. The second-order valence-corrected chi connectivity index (χ2v) is 5.61. The number of carboxylic acid groups (broad SMARTS) is 1. The molecule has 1 aromatic carbocycles. The average Bonchev–Trinajstić information content (AvgIpc) is 2.42. The number of rotatable bonds is 6. The summed E-state index contributed by atoms with van der Waals surface area (Å²) < 4.78 is 0. The van der Waals surface area contributed by atoms with Gasteiger partial charge in [-0.05, 0) is 35.9 Å². The lowest BCUT2D eigenvalue weighted by molar-refractivity contribution is -0.141. The molecule has 2 aromatic rings. The average molecular weight is 288 g/mol. The molecule has 1 heterocycles. The molecule has 0 spiro atoms. The number of aromatic nitrogens is 1. The van der Waals surface area contributed by atoms with E-state index in [9.17, 15) is 15.0 Å². The van der Waals surface area contributed by atoms with Crippen LogP contribution in [-0.2, 0) is 4.79 Å². The van der Waals surface area contributed by atoms with E-state index in [1.165, 1.54) is 0 Å². The molecular formula is C16H20N2O3. The number of hydrogen-bond donors (Lipinski definition) is 3. The van der Waals surface area contributed by atoms with Crippen LogP contribution in [0.1, 0.15) is 20.3 Å². The number of carbonyl (C=O) groups is 1. The van der Waals surface area contributed by atoms with E-state index < -0.39 is 11.9 Å². The third kappa shape index (κ3) is 3.84. The van der Waals surface area contributed by atoms with Crippen LogP contribution in [0.5, 0.6) is 5.75 Å². The van der Waals surface area contributed by atoms with E-state index in [1.54, 1.807) is 24.4 Å². The Morgan fingerprint density at radius 2 is 2.10 bits per heavy atom. The minimum atomic E-state index is -0.806. The Labute approximate surface area is 123 Å². The molecule has 0 bridgehead atoms. The highest BCUT2D eigenvalue weighted by atomic mass is 16.4. The first kappa shape index (κ1) is 15.1. The van der Waals surface area contributed by atoms with Crippen molar-refractivity contribution in [1.82, 2.24) is 4.98 Å². The van der Waals surface area contributed by atoms with Gasteiger partial charge < -0.3 is 15.5 Å². The maximum atomic E-state index is 11.3. The fourth-order valence-electron chi connectivity index (χ4n) is 2.36. The molecule has 21 heavy (non-hydrogen) atoms. The van der Waals surface area contributed by atoms with E-state index >= 15 is 0 Å². The molecule has 0 aliphatic rings. The van der Waals surface area contributed by atoms with Crippen molar-refractivity contribution in [3.8, 4) is 5.75 Å². The summed E-state index contributed by atoms with van der Waals surface area (Å²) in [6.07, 6.45) is 2.28. The first-order chi connectivity index (χ1) is 9.97. The topological polar surface area (TPSA) is 82.5 Å². The predicted octanol–water partition coefficient (Wildman–Crippen LogP) is 3.10. The van der Waals surface area contributed by atoms with Crippen molar-refractivity contribution >= 4 is 22.6 Å². The summed E-state index contributed by atoms with van der Waals surface area (Å²) in [6.45, 7) is 4.32. The molecule has 0 aliphatic carbocycles. The fourth-order valence-corrected chi connectivity index (χ4v) is 2.36. The lowest BCUT2D eigenvalue weighted by Crippen LogP contribution is -2.24. The molecule has 5 heteroatoms. The molecule has 0 radical (unpaired) electrons. The van der Waals surface area contributed by atoms with Gasteiger partial charge in [0.25, 0.3) is 0 Å². The lowest BCUT2D eigenvalue weighted by atomic mass is 9.97. The Kier molecular flexibility index (Phi) is 4.62. The largest absolute Gasteiger partial charge is 0.508 e. The summed E-state index contributed by atoms with van der Waals surface area (Å²) in [6, 6.07) is 6.90. The SMILES string of the molecule is CC(C)CC(CNc1nccc2ccc(O)cc12)C(=O)O. The Hall–Kier alpha value is -2.30. The Morgan fingerprint density at radius 1 is 1.33 bits per heavy atom. The number of aliphatic carboxylic acids is 1. The highest BCUT2D eigenvalue weighted by Crippen LogP contribution is 2.25. The number of anilines is 1. The lowest BCUT2D eigenvalue weighted by Gasteiger charge is -2.16. The van der Waals surface area contributed by atoms with Crippen LogP contribution >= 0.6 is 0 Å². The van der Waals surface area contributed by atoms with Gasteiger partial charge in [0.2, 0.25) is 0 Å². The molecular weight excluding hydrogens is 268 g/mol. The Balaban J connectivity index is 2.19. The van der Waals surface area contributed by atoms with Crippen LogP contribution in [-0.4, -0.2) is 27.7 Å². The third-order valence-electron chi connectivity index (χ3n) is 3.37. The molecule has 2 rings (SSSR count). The molecule has 1 unspecified atom stereocenters. The zero-order chi connectivity index (χ0) is 15.4. The number of phenolic OH excluding ortho intramolecular Hbond substituents is 1. The summed E-state index contributed by atoms with van der Waals surface area (Å²) in [5, 5.41) is 23.7. The van der Waals surface area contributed by atoms with Crippen LogP contribution < -0.4 is 5.32 Å². The van der Waals surface area contributed by atoms with Gasteiger partial charge in [-0.1, -0.05) is 19.9 Å². The van der Waals surface area contributed by atoms with Gasteiger partial charge in [-0.2, -0.15) is 0 Å². The summed E-state index contributed by atoms with van der Waals surface area (Å²) >= 11 is 0. The first-order valence-corrected chi connectivity index (χ1v) is 7.01. The maximum Gasteiger partial charge on any atom is 0.308 e. The number of nitrogens with zero attached hydrogens (tertiary/aromatic N) is 1. The first-order valence-electron chi connectivity index (χ1n) is 7.01. The molecule has 0 saturated carbocycles.